The van der Waals surface area contributed by atoms with Gasteiger partial charge < -0.3 is 5.32 Å². The van der Waals surface area contributed by atoms with Crippen molar-refractivity contribution in [1.29, 1.82) is 0 Å². The maximum Gasteiger partial charge on any atom is 0.416 e. The Kier molecular flexibility index (Phi) is 6.88. The predicted octanol–water partition coefficient (Wildman–Crippen LogP) is 6.01. The monoisotopic (exact) mass is 494 g/mol. The Balaban J connectivity index is 1.27. The average molecular weight is 495 g/mol. The molecule has 0 aliphatic heterocycles. The topological polar surface area (TPSA) is 58.1 Å². The smallest absolute Gasteiger partial charge is 0.302 e. The van der Waals surface area contributed by atoms with E-state index in [1.807, 2.05) is 19.4 Å². The fourth-order valence-electron chi connectivity index (χ4n) is 3.86. The van der Waals surface area contributed by atoms with E-state index in [2.05, 4.69) is 27.1 Å². The van der Waals surface area contributed by atoms with Crippen LogP contribution in [-0.4, -0.2) is 33.9 Å². The van der Waals surface area contributed by atoms with Gasteiger partial charge in [0, 0.05) is 23.9 Å². The normalized spacial score (nSPS) is 18.4. The van der Waals surface area contributed by atoms with E-state index in [0.29, 0.717) is 11.7 Å². The lowest BCUT2D eigenvalue weighted by atomic mass is 9.78. The van der Waals surface area contributed by atoms with Crippen molar-refractivity contribution in [2.45, 2.75) is 51.9 Å². The van der Waals surface area contributed by atoms with Gasteiger partial charge in [-0.25, -0.2) is 9.97 Å². The van der Waals surface area contributed by atoms with Gasteiger partial charge in [0.05, 0.1) is 26.8 Å². The van der Waals surface area contributed by atoms with Crippen LogP contribution in [0.15, 0.2) is 29.6 Å². The summed E-state index contributed by atoms with van der Waals surface area (Å²) in [6.45, 7) is 4.58. The molecule has 10 heteroatoms. The number of hydrogen-bond donors (Lipinski definition) is 1. The Hall–Kier alpha value is -2.30. The Morgan fingerprint density at radius 3 is 2.52 bits per heavy atom. The van der Waals surface area contributed by atoms with Crippen molar-refractivity contribution in [2.75, 3.05) is 12.4 Å². The highest BCUT2D eigenvalue weighted by Crippen LogP contribution is 2.36. The number of alkyl halides is 3. The van der Waals surface area contributed by atoms with E-state index in [-0.39, 0.29) is 17.9 Å². The van der Waals surface area contributed by atoms with Crippen molar-refractivity contribution >= 4 is 33.7 Å². The number of anilines is 1. The van der Waals surface area contributed by atoms with Crippen LogP contribution in [0, 0.1) is 12.8 Å². The second kappa shape index (κ2) is 9.52. The van der Waals surface area contributed by atoms with Gasteiger partial charge in [-0.3, -0.25) is 9.69 Å². The zero-order valence-electron chi connectivity index (χ0n) is 18.6. The maximum atomic E-state index is 12.7. The lowest BCUT2D eigenvalue weighted by molar-refractivity contribution is -0.137. The van der Waals surface area contributed by atoms with Gasteiger partial charge in [0.1, 0.15) is 0 Å². The summed E-state index contributed by atoms with van der Waals surface area (Å²) in [5.41, 5.74) is 1.97. The average Bonchev–Trinajstić information content (AvgIpc) is 3.32. The molecule has 0 atom stereocenters. The highest BCUT2D eigenvalue weighted by molar-refractivity contribution is 7.17. The highest BCUT2D eigenvalue weighted by Gasteiger charge is 2.37. The van der Waals surface area contributed by atoms with Gasteiger partial charge in [-0.2, -0.15) is 13.2 Å². The summed E-state index contributed by atoms with van der Waals surface area (Å²) in [6, 6.07) is 5.47. The van der Waals surface area contributed by atoms with Gasteiger partial charge in [0.25, 0.3) is 0 Å². The SMILES string of the molecule is CCc1nc(C)c(-c2csc(NC(=O)C3CC(N(C)Cc4ccc(C(F)(F)F)cc4)C3)n2)s1. The van der Waals surface area contributed by atoms with E-state index in [9.17, 15) is 18.0 Å². The zero-order valence-corrected chi connectivity index (χ0v) is 20.2. The minimum atomic E-state index is -4.32. The van der Waals surface area contributed by atoms with Crippen LogP contribution in [0.3, 0.4) is 0 Å². The lowest BCUT2D eigenvalue weighted by Gasteiger charge is -2.40. The fraction of sp³-hybridized carbons (Fsp3) is 0.435. The molecule has 0 spiro atoms. The number of carbonyl (C=O) groups is 1. The summed E-state index contributed by atoms with van der Waals surface area (Å²) in [6.07, 6.45) is -2.01. The lowest BCUT2D eigenvalue weighted by Crippen LogP contribution is -2.46. The zero-order chi connectivity index (χ0) is 23.8. The number of nitrogens with zero attached hydrogens (tertiary/aromatic N) is 3. The van der Waals surface area contributed by atoms with Crippen LogP contribution in [-0.2, 0) is 23.9 Å². The first-order valence-corrected chi connectivity index (χ1v) is 12.4. The van der Waals surface area contributed by atoms with Gasteiger partial charge in [-0.05, 0) is 50.9 Å². The molecular formula is C23H25F3N4OS2. The third-order valence-corrected chi connectivity index (χ3v) is 8.01. The highest BCUT2D eigenvalue weighted by atomic mass is 32.1. The largest absolute Gasteiger partial charge is 0.416 e. The molecule has 2 aromatic heterocycles. The van der Waals surface area contributed by atoms with Crippen molar-refractivity contribution in [3.8, 4) is 10.6 Å². The predicted molar refractivity (Wildman–Crippen MR) is 125 cm³/mol. The molecule has 4 rings (SSSR count). The van der Waals surface area contributed by atoms with E-state index in [4.69, 9.17) is 0 Å². The first kappa shape index (κ1) is 23.8. The van der Waals surface area contributed by atoms with Crippen LogP contribution in [0.1, 0.15) is 41.6 Å². The molecule has 1 saturated carbocycles. The number of benzene rings is 1. The molecule has 0 unspecified atom stereocenters. The molecule has 2 heterocycles. The number of aryl methyl sites for hydroxylation is 2. The standard InChI is InChI=1S/C23H25F3N4OS2/c1-4-19-27-13(2)20(33-19)18-12-32-22(28-18)29-21(31)15-9-17(10-15)30(3)11-14-5-7-16(8-6-14)23(24,25)26/h5-8,12,15,17H,4,9-11H2,1-3H3,(H,28,29,31). The molecular weight excluding hydrogens is 469 g/mol. The van der Waals surface area contributed by atoms with Crippen molar-refractivity contribution in [2.24, 2.45) is 5.92 Å². The van der Waals surface area contributed by atoms with E-state index >= 15 is 0 Å². The first-order chi connectivity index (χ1) is 15.6. The fourth-order valence-corrected chi connectivity index (χ4v) is 5.61. The molecule has 0 saturated heterocycles. The van der Waals surface area contributed by atoms with Gasteiger partial charge in [0.15, 0.2) is 5.13 Å². The number of nitrogens with one attached hydrogen (secondary N) is 1. The molecule has 1 aliphatic carbocycles. The summed E-state index contributed by atoms with van der Waals surface area (Å²) in [5.74, 6) is -0.125. The molecule has 1 amide bonds. The van der Waals surface area contributed by atoms with Gasteiger partial charge in [-0.15, -0.1) is 22.7 Å². The Morgan fingerprint density at radius 2 is 1.91 bits per heavy atom. The number of halogens is 3. The molecule has 1 aromatic carbocycles. The summed E-state index contributed by atoms with van der Waals surface area (Å²) < 4.78 is 38.1. The minimum Gasteiger partial charge on any atom is -0.302 e. The van der Waals surface area contributed by atoms with Crippen molar-refractivity contribution in [3.05, 3.63) is 51.5 Å². The van der Waals surface area contributed by atoms with E-state index in [1.54, 1.807) is 11.3 Å². The first-order valence-electron chi connectivity index (χ1n) is 10.7. The molecule has 1 N–H and O–H groups in total. The number of rotatable bonds is 7. The molecule has 1 fully saturated rings. The Bertz CT molecular complexity index is 1120. The minimum absolute atomic E-state index is 0.0367. The second-order valence-corrected chi connectivity index (χ2v) is 10.3. The van der Waals surface area contributed by atoms with Crippen LogP contribution in [0.4, 0.5) is 18.3 Å². The number of carbonyl (C=O) groups excluding carboxylic acids is 1. The third-order valence-electron chi connectivity index (χ3n) is 5.93. The number of hydrogen-bond acceptors (Lipinski definition) is 6. The van der Waals surface area contributed by atoms with Crippen molar-refractivity contribution < 1.29 is 18.0 Å². The molecule has 1 aliphatic rings. The van der Waals surface area contributed by atoms with Crippen molar-refractivity contribution in [1.82, 2.24) is 14.9 Å². The summed E-state index contributed by atoms with van der Waals surface area (Å²) >= 11 is 3.04. The number of amides is 1. The number of thiazole rings is 2. The quantitative estimate of drug-likeness (QED) is 0.437. The van der Waals surface area contributed by atoms with E-state index in [0.717, 1.165) is 58.2 Å². The summed E-state index contributed by atoms with van der Waals surface area (Å²) in [5, 5.41) is 6.53. The summed E-state index contributed by atoms with van der Waals surface area (Å²) in [4.78, 5) is 24.9. The summed E-state index contributed by atoms with van der Waals surface area (Å²) in [7, 11) is 1.94. The van der Waals surface area contributed by atoms with Gasteiger partial charge in [-0.1, -0.05) is 19.1 Å². The van der Waals surface area contributed by atoms with Crippen LogP contribution in [0.2, 0.25) is 0 Å². The van der Waals surface area contributed by atoms with E-state index in [1.165, 1.54) is 23.5 Å². The molecule has 5 nitrogen and oxygen atoms in total. The molecule has 33 heavy (non-hydrogen) atoms. The van der Waals surface area contributed by atoms with Gasteiger partial charge in [0.2, 0.25) is 5.91 Å². The molecule has 3 aromatic rings. The molecule has 0 bridgehead atoms. The van der Waals surface area contributed by atoms with Crippen LogP contribution in [0.5, 0.6) is 0 Å². The van der Waals surface area contributed by atoms with Gasteiger partial charge >= 0.3 is 6.18 Å². The van der Waals surface area contributed by atoms with Crippen LogP contribution < -0.4 is 5.32 Å². The van der Waals surface area contributed by atoms with Crippen LogP contribution >= 0.6 is 22.7 Å². The Labute approximate surface area is 198 Å². The maximum absolute atomic E-state index is 12.7. The third kappa shape index (κ3) is 5.44. The molecule has 176 valence electrons. The second-order valence-electron chi connectivity index (χ2n) is 8.33. The van der Waals surface area contributed by atoms with Crippen molar-refractivity contribution in [3.63, 3.8) is 0 Å². The number of aromatic nitrogens is 2. The molecule has 0 radical (unpaired) electrons. The van der Waals surface area contributed by atoms with Crippen LogP contribution in [0.25, 0.3) is 10.6 Å². The van der Waals surface area contributed by atoms with E-state index < -0.39 is 11.7 Å². The Morgan fingerprint density at radius 1 is 1.21 bits per heavy atom.